The number of nitrogens with two attached hydrogens (primary N) is 1. The SMILES string of the molecule is COc1cc(OC)cc(C2C(CN)OCCN2C(C)C)c1. The first kappa shape index (κ1) is 16.1. The molecule has 118 valence electrons. The minimum atomic E-state index is -0.0158. The first-order valence-corrected chi connectivity index (χ1v) is 7.41. The van der Waals surface area contributed by atoms with Crippen LogP contribution in [0, 0.1) is 0 Å². The Balaban J connectivity index is 2.42. The van der Waals surface area contributed by atoms with Gasteiger partial charge in [-0.15, -0.1) is 0 Å². The zero-order valence-corrected chi connectivity index (χ0v) is 13.3. The lowest BCUT2D eigenvalue weighted by atomic mass is 9.96. The summed E-state index contributed by atoms with van der Waals surface area (Å²) in [7, 11) is 3.33. The van der Waals surface area contributed by atoms with Crippen molar-refractivity contribution < 1.29 is 14.2 Å². The third-order valence-electron chi connectivity index (χ3n) is 4.00. The molecule has 0 bridgehead atoms. The highest BCUT2D eigenvalue weighted by Gasteiger charge is 2.34. The molecule has 0 aliphatic carbocycles. The van der Waals surface area contributed by atoms with E-state index in [1.165, 1.54) is 0 Å². The van der Waals surface area contributed by atoms with E-state index in [1.807, 2.05) is 18.2 Å². The molecule has 1 heterocycles. The maximum Gasteiger partial charge on any atom is 0.122 e. The molecule has 0 amide bonds. The molecular formula is C16H26N2O3. The number of ether oxygens (including phenoxy) is 3. The molecule has 21 heavy (non-hydrogen) atoms. The van der Waals surface area contributed by atoms with Gasteiger partial charge in [-0.3, -0.25) is 4.90 Å². The number of rotatable bonds is 5. The van der Waals surface area contributed by atoms with Gasteiger partial charge in [0.2, 0.25) is 0 Å². The molecule has 1 aromatic carbocycles. The van der Waals surface area contributed by atoms with Crippen molar-refractivity contribution in [3.63, 3.8) is 0 Å². The van der Waals surface area contributed by atoms with Crippen LogP contribution in [0.3, 0.4) is 0 Å². The Hall–Kier alpha value is -1.30. The molecule has 0 radical (unpaired) electrons. The number of morpholine rings is 1. The van der Waals surface area contributed by atoms with Crippen LogP contribution in [0.25, 0.3) is 0 Å². The van der Waals surface area contributed by atoms with Crippen LogP contribution < -0.4 is 15.2 Å². The van der Waals surface area contributed by atoms with Gasteiger partial charge in [-0.1, -0.05) is 0 Å². The van der Waals surface area contributed by atoms with Gasteiger partial charge < -0.3 is 19.9 Å². The summed E-state index contributed by atoms with van der Waals surface area (Å²) < 4.78 is 16.6. The van der Waals surface area contributed by atoms with Crippen LogP contribution >= 0.6 is 0 Å². The third-order valence-corrected chi connectivity index (χ3v) is 4.00. The summed E-state index contributed by atoms with van der Waals surface area (Å²) in [6.45, 7) is 6.51. The second kappa shape index (κ2) is 7.11. The average Bonchev–Trinajstić information content (AvgIpc) is 2.53. The van der Waals surface area contributed by atoms with Crippen LogP contribution in [0.4, 0.5) is 0 Å². The summed E-state index contributed by atoms with van der Waals surface area (Å²) >= 11 is 0. The monoisotopic (exact) mass is 294 g/mol. The first-order chi connectivity index (χ1) is 10.1. The average molecular weight is 294 g/mol. The maximum atomic E-state index is 5.92. The molecule has 0 spiro atoms. The van der Waals surface area contributed by atoms with E-state index in [1.54, 1.807) is 14.2 Å². The first-order valence-electron chi connectivity index (χ1n) is 7.41. The number of hydrogen-bond donors (Lipinski definition) is 1. The Bertz CT molecular complexity index is 443. The molecular weight excluding hydrogens is 268 g/mol. The molecule has 5 heteroatoms. The van der Waals surface area contributed by atoms with Gasteiger partial charge in [-0.25, -0.2) is 0 Å². The molecule has 2 rings (SSSR count). The smallest absolute Gasteiger partial charge is 0.122 e. The molecule has 2 atom stereocenters. The molecule has 0 aromatic heterocycles. The fourth-order valence-electron chi connectivity index (χ4n) is 2.94. The predicted molar refractivity (Wildman–Crippen MR) is 82.9 cm³/mol. The minimum Gasteiger partial charge on any atom is -0.497 e. The van der Waals surface area contributed by atoms with Crippen molar-refractivity contribution in [2.45, 2.75) is 32.0 Å². The van der Waals surface area contributed by atoms with Gasteiger partial charge in [0.1, 0.15) is 11.5 Å². The summed E-state index contributed by atoms with van der Waals surface area (Å²) in [5, 5.41) is 0. The van der Waals surface area contributed by atoms with Gasteiger partial charge in [0.25, 0.3) is 0 Å². The fraction of sp³-hybridized carbons (Fsp3) is 0.625. The second-order valence-electron chi connectivity index (χ2n) is 5.57. The van der Waals surface area contributed by atoms with Crippen LogP contribution in [-0.2, 0) is 4.74 Å². The molecule has 2 N–H and O–H groups in total. The van der Waals surface area contributed by atoms with Gasteiger partial charge in [-0.2, -0.15) is 0 Å². The molecule has 1 saturated heterocycles. The molecule has 1 fully saturated rings. The van der Waals surface area contributed by atoms with Crippen molar-refractivity contribution >= 4 is 0 Å². The van der Waals surface area contributed by atoms with Gasteiger partial charge in [-0.05, 0) is 31.5 Å². The molecule has 5 nitrogen and oxygen atoms in total. The summed E-state index contributed by atoms with van der Waals surface area (Å²) in [4.78, 5) is 2.43. The van der Waals surface area contributed by atoms with Crippen LogP contribution in [0.15, 0.2) is 18.2 Å². The van der Waals surface area contributed by atoms with Crippen molar-refractivity contribution in [2.24, 2.45) is 5.73 Å². The van der Waals surface area contributed by atoms with E-state index in [0.717, 1.165) is 30.2 Å². The van der Waals surface area contributed by atoms with Crippen molar-refractivity contribution in [1.82, 2.24) is 4.90 Å². The number of methoxy groups -OCH3 is 2. The van der Waals surface area contributed by atoms with Crippen molar-refractivity contribution in [1.29, 1.82) is 0 Å². The van der Waals surface area contributed by atoms with E-state index in [9.17, 15) is 0 Å². The van der Waals surface area contributed by atoms with E-state index in [0.29, 0.717) is 12.6 Å². The fourth-order valence-corrected chi connectivity index (χ4v) is 2.94. The Morgan fingerprint density at radius 1 is 1.24 bits per heavy atom. The van der Waals surface area contributed by atoms with Gasteiger partial charge >= 0.3 is 0 Å². The van der Waals surface area contributed by atoms with Crippen LogP contribution in [-0.4, -0.2) is 51.0 Å². The van der Waals surface area contributed by atoms with Crippen LogP contribution in [0.2, 0.25) is 0 Å². The van der Waals surface area contributed by atoms with Gasteiger partial charge in [0, 0.05) is 25.2 Å². The quantitative estimate of drug-likeness (QED) is 0.897. The summed E-state index contributed by atoms with van der Waals surface area (Å²) in [6, 6.07) is 6.50. The highest BCUT2D eigenvalue weighted by Crippen LogP contribution is 2.35. The highest BCUT2D eigenvalue weighted by atomic mass is 16.5. The van der Waals surface area contributed by atoms with Crippen molar-refractivity contribution in [3.8, 4) is 11.5 Å². The summed E-state index contributed by atoms with van der Waals surface area (Å²) in [5.41, 5.74) is 7.04. The Morgan fingerprint density at radius 3 is 2.33 bits per heavy atom. The molecule has 1 aromatic rings. The topological polar surface area (TPSA) is 57.0 Å². The lowest BCUT2D eigenvalue weighted by Crippen LogP contribution is -2.50. The zero-order valence-electron chi connectivity index (χ0n) is 13.3. The number of benzene rings is 1. The molecule has 2 unspecified atom stereocenters. The third kappa shape index (κ3) is 3.48. The van der Waals surface area contributed by atoms with Crippen LogP contribution in [0.5, 0.6) is 11.5 Å². The highest BCUT2D eigenvalue weighted by molar-refractivity contribution is 5.40. The molecule has 0 saturated carbocycles. The number of nitrogens with zero attached hydrogens (tertiary/aromatic N) is 1. The molecule has 1 aliphatic heterocycles. The second-order valence-corrected chi connectivity index (χ2v) is 5.57. The summed E-state index contributed by atoms with van der Waals surface area (Å²) in [5.74, 6) is 1.57. The van der Waals surface area contributed by atoms with E-state index in [4.69, 9.17) is 19.9 Å². The van der Waals surface area contributed by atoms with E-state index >= 15 is 0 Å². The normalized spacial score (nSPS) is 23.3. The Labute approximate surface area is 127 Å². The van der Waals surface area contributed by atoms with E-state index < -0.39 is 0 Å². The zero-order chi connectivity index (χ0) is 15.4. The standard InChI is InChI=1S/C16H26N2O3/c1-11(2)18-5-6-21-15(10-17)16(18)12-7-13(19-3)9-14(8-12)20-4/h7-9,11,15-16H,5-6,10,17H2,1-4H3. The molecule has 1 aliphatic rings. The summed E-state index contributed by atoms with van der Waals surface area (Å²) in [6.07, 6.45) is -0.0158. The van der Waals surface area contributed by atoms with E-state index in [2.05, 4.69) is 18.7 Å². The predicted octanol–water partition coefficient (Wildman–Crippen LogP) is 1.81. The van der Waals surface area contributed by atoms with Crippen LogP contribution in [0.1, 0.15) is 25.5 Å². The Kier molecular flexibility index (Phi) is 5.45. The maximum absolute atomic E-state index is 5.92. The lowest BCUT2D eigenvalue weighted by molar-refractivity contribution is -0.0790. The number of hydrogen-bond acceptors (Lipinski definition) is 5. The van der Waals surface area contributed by atoms with Crippen molar-refractivity contribution in [2.75, 3.05) is 33.9 Å². The van der Waals surface area contributed by atoms with Gasteiger partial charge in [0.15, 0.2) is 0 Å². The largest absolute Gasteiger partial charge is 0.497 e. The lowest BCUT2D eigenvalue weighted by Gasteiger charge is -2.43. The van der Waals surface area contributed by atoms with Gasteiger partial charge in [0.05, 0.1) is 33.0 Å². The minimum absolute atomic E-state index is 0.0158. The van der Waals surface area contributed by atoms with Crippen molar-refractivity contribution in [3.05, 3.63) is 23.8 Å². The Morgan fingerprint density at radius 2 is 1.86 bits per heavy atom. The van der Waals surface area contributed by atoms with E-state index in [-0.39, 0.29) is 12.1 Å².